The van der Waals surface area contributed by atoms with Gasteiger partial charge >= 0.3 is 6.03 Å². The van der Waals surface area contributed by atoms with E-state index in [9.17, 15) is 14.4 Å². The van der Waals surface area contributed by atoms with Gasteiger partial charge in [0, 0.05) is 0 Å². The zero-order valence-corrected chi connectivity index (χ0v) is 17.9. The predicted octanol–water partition coefficient (Wildman–Crippen LogP) is 4.89. The van der Waals surface area contributed by atoms with Crippen molar-refractivity contribution in [2.45, 2.75) is 13.5 Å². The number of nitrogens with zero attached hydrogens (tertiary/aromatic N) is 1. The van der Waals surface area contributed by atoms with E-state index in [-0.39, 0.29) is 5.57 Å². The summed E-state index contributed by atoms with van der Waals surface area (Å²) in [6, 6.07) is 20.7. The van der Waals surface area contributed by atoms with Gasteiger partial charge in [0.2, 0.25) is 0 Å². The number of aryl methyl sites for hydroxylation is 1. The average Bonchev–Trinajstić information content (AvgIpc) is 2.78. The highest BCUT2D eigenvalue weighted by atomic mass is 35.5. The van der Waals surface area contributed by atoms with Gasteiger partial charge in [0.25, 0.3) is 11.8 Å². The summed E-state index contributed by atoms with van der Waals surface area (Å²) >= 11 is 6.34. The van der Waals surface area contributed by atoms with E-state index >= 15 is 0 Å². The number of hydrogen-bond donors (Lipinski definition) is 1. The summed E-state index contributed by atoms with van der Waals surface area (Å²) in [6.45, 7) is 2.25. The molecule has 1 heterocycles. The Bertz CT molecular complexity index is 1220. The number of halogens is 1. The van der Waals surface area contributed by atoms with Gasteiger partial charge < -0.3 is 4.74 Å². The monoisotopic (exact) mass is 446 g/mol. The maximum Gasteiger partial charge on any atom is 0.335 e. The SMILES string of the molecule is Cc1ccc(N2C(=O)NC(=O)/C(=C\c3ccc(OCc4ccccc4)c(Cl)c3)C2=O)cc1. The molecule has 4 rings (SSSR count). The minimum absolute atomic E-state index is 0.167. The predicted molar refractivity (Wildman–Crippen MR) is 122 cm³/mol. The van der Waals surface area contributed by atoms with Gasteiger partial charge in [-0.15, -0.1) is 0 Å². The van der Waals surface area contributed by atoms with Crippen molar-refractivity contribution in [2.75, 3.05) is 4.90 Å². The second-order valence-electron chi connectivity index (χ2n) is 7.26. The van der Waals surface area contributed by atoms with E-state index < -0.39 is 17.8 Å². The third kappa shape index (κ3) is 4.55. The van der Waals surface area contributed by atoms with Gasteiger partial charge in [-0.1, -0.05) is 65.7 Å². The molecule has 32 heavy (non-hydrogen) atoms. The number of ether oxygens (including phenoxy) is 1. The molecule has 0 aliphatic carbocycles. The maximum absolute atomic E-state index is 13.0. The number of barbiturate groups is 1. The summed E-state index contributed by atoms with van der Waals surface area (Å²) in [5, 5.41) is 2.55. The van der Waals surface area contributed by atoms with Crippen molar-refractivity contribution in [3.05, 3.63) is 100 Å². The fourth-order valence-electron chi connectivity index (χ4n) is 3.21. The zero-order chi connectivity index (χ0) is 22.7. The lowest BCUT2D eigenvalue weighted by Gasteiger charge is -2.26. The molecule has 0 radical (unpaired) electrons. The van der Waals surface area contributed by atoms with Crippen LogP contribution in [-0.4, -0.2) is 17.8 Å². The lowest BCUT2D eigenvalue weighted by Crippen LogP contribution is -2.54. The topological polar surface area (TPSA) is 75.7 Å². The molecule has 0 saturated carbocycles. The molecule has 4 amide bonds. The molecule has 6 nitrogen and oxygen atoms in total. The Morgan fingerprint density at radius 1 is 0.969 bits per heavy atom. The Labute approximate surface area is 190 Å². The van der Waals surface area contributed by atoms with Crippen LogP contribution >= 0.6 is 11.6 Å². The fraction of sp³-hybridized carbons (Fsp3) is 0.0800. The van der Waals surface area contributed by atoms with Crippen molar-refractivity contribution < 1.29 is 19.1 Å². The number of benzene rings is 3. The number of nitrogens with one attached hydrogen (secondary N) is 1. The second kappa shape index (κ2) is 9.08. The fourth-order valence-corrected chi connectivity index (χ4v) is 3.46. The molecule has 0 aromatic heterocycles. The molecule has 3 aromatic carbocycles. The van der Waals surface area contributed by atoms with E-state index in [1.165, 1.54) is 6.08 Å². The van der Waals surface area contributed by atoms with Crippen LogP contribution < -0.4 is 15.0 Å². The number of anilines is 1. The second-order valence-corrected chi connectivity index (χ2v) is 7.66. The number of urea groups is 1. The Hall–Kier alpha value is -3.90. The van der Waals surface area contributed by atoms with Gasteiger partial charge in [-0.25, -0.2) is 9.69 Å². The van der Waals surface area contributed by atoms with Crippen LogP contribution in [0.3, 0.4) is 0 Å². The molecule has 0 atom stereocenters. The van der Waals surface area contributed by atoms with Crippen LogP contribution in [0.25, 0.3) is 6.08 Å². The summed E-state index contributed by atoms with van der Waals surface area (Å²) in [6.07, 6.45) is 1.40. The van der Waals surface area contributed by atoms with Gasteiger partial charge in [0.05, 0.1) is 10.7 Å². The third-order valence-corrected chi connectivity index (χ3v) is 5.19. The lowest BCUT2D eigenvalue weighted by atomic mass is 10.1. The Balaban J connectivity index is 1.57. The van der Waals surface area contributed by atoms with Crippen LogP contribution in [0.2, 0.25) is 5.02 Å². The van der Waals surface area contributed by atoms with E-state index in [1.54, 1.807) is 42.5 Å². The van der Waals surface area contributed by atoms with Crippen molar-refractivity contribution >= 4 is 41.2 Å². The summed E-state index contributed by atoms with van der Waals surface area (Å²) in [4.78, 5) is 38.6. The van der Waals surface area contributed by atoms with E-state index in [0.717, 1.165) is 16.0 Å². The number of rotatable bonds is 5. The summed E-state index contributed by atoms with van der Waals surface area (Å²) < 4.78 is 5.76. The van der Waals surface area contributed by atoms with Crippen LogP contribution in [-0.2, 0) is 16.2 Å². The molecule has 0 bridgehead atoms. The first kappa shape index (κ1) is 21.3. The molecule has 3 aromatic rings. The van der Waals surface area contributed by atoms with E-state index in [0.29, 0.717) is 28.6 Å². The number of imide groups is 2. The first-order valence-electron chi connectivity index (χ1n) is 9.87. The van der Waals surface area contributed by atoms with Crippen LogP contribution in [0.5, 0.6) is 5.75 Å². The average molecular weight is 447 g/mol. The van der Waals surface area contributed by atoms with Gasteiger partial charge in [-0.05, 0) is 48.4 Å². The smallest absolute Gasteiger partial charge is 0.335 e. The Kier molecular flexibility index (Phi) is 6.05. The van der Waals surface area contributed by atoms with Gasteiger partial charge in [-0.2, -0.15) is 0 Å². The molecule has 0 unspecified atom stereocenters. The molecule has 0 spiro atoms. The van der Waals surface area contributed by atoms with E-state index in [2.05, 4.69) is 5.32 Å². The van der Waals surface area contributed by atoms with Crippen LogP contribution in [0.15, 0.2) is 78.4 Å². The largest absolute Gasteiger partial charge is 0.487 e. The van der Waals surface area contributed by atoms with Crippen molar-refractivity contribution in [1.29, 1.82) is 0 Å². The highest BCUT2D eigenvalue weighted by Crippen LogP contribution is 2.28. The first-order valence-corrected chi connectivity index (χ1v) is 10.2. The third-order valence-electron chi connectivity index (χ3n) is 4.90. The van der Waals surface area contributed by atoms with Crippen molar-refractivity contribution in [3.8, 4) is 5.75 Å². The van der Waals surface area contributed by atoms with Crippen molar-refractivity contribution in [1.82, 2.24) is 5.32 Å². The molecular formula is C25H19ClN2O4. The standard InChI is InChI=1S/C25H19ClN2O4/c1-16-7-10-19(11-8-16)28-24(30)20(23(29)27-25(28)31)13-18-9-12-22(21(26)14-18)32-15-17-5-3-2-4-6-17/h2-14H,15H2,1H3,(H,27,29,31)/b20-13+. The number of amides is 4. The van der Waals surface area contributed by atoms with Crippen LogP contribution in [0.4, 0.5) is 10.5 Å². The number of hydrogen-bond acceptors (Lipinski definition) is 4. The molecule has 1 saturated heterocycles. The van der Waals surface area contributed by atoms with E-state index in [4.69, 9.17) is 16.3 Å². The summed E-state index contributed by atoms with van der Waals surface area (Å²) in [7, 11) is 0. The quantitative estimate of drug-likeness (QED) is 0.447. The Morgan fingerprint density at radius 3 is 2.38 bits per heavy atom. The highest BCUT2D eigenvalue weighted by Gasteiger charge is 2.36. The molecule has 1 aliphatic heterocycles. The number of carbonyl (C=O) groups is 3. The van der Waals surface area contributed by atoms with Gasteiger partial charge in [-0.3, -0.25) is 14.9 Å². The van der Waals surface area contributed by atoms with Crippen molar-refractivity contribution in [3.63, 3.8) is 0 Å². The minimum atomic E-state index is -0.788. The molecule has 7 heteroatoms. The number of carbonyl (C=O) groups excluding carboxylic acids is 3. The maximum atomic E-state index is 13.0. The molecule has 1 aliphatic rings. The summed E-state index contributed by atoms with van der Waals surface area (Å²) in [5.74, 6) is -0.986. The lowest BCUT2D eigenvalue weighted by molar-refractivity contribution is -0.122. The van der Waals surface area contributed by atoms with Crippen molar-refractivity contribution in [2.24, 2.45) is 0 Å². The van der Waals surface area contributed by atoms with Gasteiger partial charge in [0.1, 0.15) is 17.9 Å². The molecule has 1 fully saturated rings. The van der Waals surface area contributed by atoms with Crippen LogP contribution in [0.1, 0.15) is 16.7 Å². The highest BCUT2D eigenvalue weighted by molar-refractivity contribution is 6.39. The minimum Gasteiger partial charge on any atom is -0.487 e. The molecular weight excluding hydrogens is 428 g/mol. The Morgan fingerprint density at radius 2 is 1.69 bits per heavy atom. The first-order chi connectivity index (χ1) is 15.4. The van der Waals surface area contributed by atoms with Gasteiger partial charge in [0.15, 0.2) is 0 Å². The molecule has 160 valence electrons. The molecule has 1 N–H and O–H groups in total. The zero-order valence-electron chi connectivity index (χ0n) is 17.2. The van der Waals surface area contributed by atoms with E-state index in [1.807, 2.05) is 37.3 Å². The normalized spacial score (nSPS) is 15.1. The summed E-state index contributed by atoms with van der Waals surface area (Å²) in [5.41, 5.74) is 2.71. The van der Waals surface area contributed by atoms with Crippen LogP contribution in [0, 0.1) is 6.92 Å².